The molecule has 3 aliphatic heterocycles. The van der Waals surface area contributed by atoms with Gasteiger partial charge in [0.05, 0.1) is 67.4 Å². The molecule has 2 aliphatic carbocycles. The van der Waals surface area contributed by atoms with Crippen LogP contribution in [0.3, 0.4) is 0 Å². The van der Waals surface area contributed by atoms with E-state index in [0.29, 0.717) is 0 Å². The van der Waals surface area contributed by atoms with Crippen molar-refractivity contribution in [2.24, 2.45) is 16.8 Å². The molecular weight excluding hydrogens is 1270 g/mol. The van der Waals surface area contributed by atoms with Crippen molar-refractivity contribution in [2.45, 2.75) is 194 Å². The number of aliphatic hydroxyl groups excluding tert-OH is 8. The van der Waals surface area contributed by atoms with Crippen LogP contribution in [0.1, 0.15) is 113 Å². The van der Waals surface area contributed by atoms with Crippen LogP contribution < -0.4 is 5.32 Å². The molecule has 2 bridgehead atoms. The van der Waals surface area contributed by atoms with Crippen molar-refractivity contribution < 1.29 is 98.3 Å². The first-order valence-corrected chi connectivity index (χ1v) is 33.8. The number of benzene rings is 4. The molecule has 22 nitrogen and oxygen atoms in total. The molecule has 0 aromatic heterocycles. The van der Waals surface area contributed by atoms with Crippen LogP contribution in [0.15, 0.2) is 187 Å². The third-order valence-corrected chi connectivity index (χ3v) is 19.0. The lowest BCUT2D eigenvalue weighted by Gasteiger charge is -2.46. The fourth-order valence-electron chi connectivity index (χ4n) is 13.6. The highest BCUT2D eigenvalue weighted by atomic mass is 16.7. The molecule has 4 aromatic carbocycles. The Morgan fingerprint density at radius 1 is 0.586 bits per heavy atom. The van der Waals surface area contributed by atoms with Crippen molar-refractivity contribution >= 4 is 24.3 Å². The number of alkyl carbamates (subject to hydrolysis) is 1. The van der Waals surface area contributed by atoms with Crippen molar-refractivity contribution in [1.82, 2.24) is 5.32 Å². The summed E-state index contributed by atoms with van der Waals surface area (Å²) in [5.41, 5.74) is 7.71. The molecule has 9 rings (SSSR count). The number of amides is 1. The van der Waals surface area contributed by atoms with Crippen molar-refractivity contribution in [3.05, 3.63) is 204 Å². The molecule has 530 valence electrons. The molecule has 0 spiro atoms. The zero-order chi connectivity index (χ0) is 70.8. The number of esters is 1. The van der Waals surface area contributed by atoms with Gasteiger partial charge in [0.1, 0.15) is 43.7 Å². The van der Waals surface area contributed by atoms with Gasteiger partial charge in [-0.2, -0.15) is 4.99 Å². The minimum atomic E-state index is -2.47. The molecule has 4 aromatic rings. The van der Waals surface area contributed by atoms with Gasteiger partial charge in [-0.05, 0) is 77.6 Å². The van der Waals surface area contributed by atoms with E-state index in [1.807, 2.05) is 116 Å². The number of carbonyl (C=O) groups excluding carboxylic acids is 4. The lowest BCUT2D eigenvalue weighted by atomic mass is 9.87. The van der Waals surface area contributed by atoms with Gasteiger partial charge in [-0.15, -0.1) is 0 Å². The number of fused-ring (bicyclic) bond motifs is 8. The van der Waals surface area contributed by atoms with Gasteiger partial charge in [-0.1, -0.05) is 196 Å². The van der Waals surface area contributed by atoms with Crippen LogP contribution in [0.5, 0.6) is 0 Å². The van der Waals surface area contributed by atoms with E-state index >= 15 is 0 Å². The molecular formula is C77H92N2O20. The molecule has 3 heterocycles. The van der Waals surface area contributed by atoms with Crippen LogP contribution in [-0.2, 0) is 42.7 Å². The average Bonchev–Trinajstić information content (AvgIpc) is 1.67. The first-order chi connectivity index (χ1) is 47.6. The summed E-state index contributed by atoms with van der Waals surface area (Å²) in [5, 5.41) is 106. The Hall–Kier alpha value is -8.03. The fourth-order valence-corrected chi connectivity index (χ4v) is 13.6. The fraction of sp³-hybridized carbons (Fsp3) is 0.455. The number of aliphatic imine (C=N–C) groups is 1. The largest absolute Gasteiger partial charge is 0.508 e. The Balaban J connectivity index is 0.974. The second-order valence-electron chi connectivity index (χ2n) is 26.2. The molecule has 5 aliphatic rings. The second-order valence-corrected chi connectivity index (χ2v) is 26.2. The van der Waals surface area contributed by atoms with Gasteiger partial charge in [0.15, 0.2) is 12.1 Å². The molecule has 2 saturated heterocycles. The summed E-state index contributed by atoms with van der Waals surface area (Å²) in [5.74, 6) is -4.72. The van der Waals surface area contributed by atoms with Gasteiger partial charge >= 0.3 is 18.2 Å². The van der Waals surface area contributed by atoms with Gasteiger partial charge in [0.2, 0.25) is 6.08 Å². The summed E-state index contributed by atoms with van der Waals surface area (Å²) in [6.07, 6.45) is 1.03. The van der Waals surface area contributed by atoms with E-state index in [-0.39, 0.29) is 50.7 Å². The number of nitrogens with one attached hydrogen (secondary N) is 1. The van der Waals surface area contributed by atoms with Crippen LogP contribution in [0.2, 0.25) is 0 Å². The molecule has 2 fully saturated rings. The number of cyclic esters (lactones) is 1. The third-order valence-electron chi connectivity index (χ3n) is 19.0. The molecule has 0 radical (unpaired) electrons. The second kappa shape index (κ2) is 35.8. The molecule has 10 N–H and O–H groups in total. The SMILES string of the molecule is C[C@@H]1[C@H](O)[C@@H](C)\C=C/C=C\C=C/C=C\C=C/C=C\C=C/[C@H](O[C@@H]2O[C@H](C)[C@@H](O)[C@H](NC(=O)OCC3c4ccccc4-c4ccccc43)[C@@H]2O)C[C@@H]2O[C@](O)(C[C@@H](O)C[C@@H](O)[C@H](O)CC[C@@H](O)C[C@@H](O)CC(=O)O[C@H]1C)C[C@H](OC(=O)OCC1c3ccccc3-c3ccccc31)[C@H]2N=C=O. The lowest BCUT2D eigenvalue weighted by molar-refractivity contribution is -0.302. The summed E-state index contributed by atoms with van der Waals surface area (Å²) in [4.78, 5) is 57.3. The Morgan fingerprint density at radius 3 is 1.65 bits per heavy atom. The number of rotatable bonds is 9. The zero-order valence-electron chi connectivity index (χ0n) is 55.9. The highest BCUT2D eigenvalue weighted by Crippen LogP contribution is 2.46. The lowest BCUT2D eigenvalue weighted by Crippen LogP contribution is -2.64. The third kappa shape index (κ3) is 20.1. The van der Waals surface area contributed by atoms with E-state index in [1.165, 1.54) is 13.0 Å². The van der Waals surface area contributed by atoms with E-state index in [2.05, 4.69) is 10.3 Å². The Morgan fingerprint density at radius 2 is 1.10 bits per heavy atom. The number of hydrogen-bond acceptors (Lipinski definition) is 21. The molecule has 22 heteroatoms. The van der Waals surface area contributed by atoms with Crippen molar-refractivity contribution in [1.29, 1.82) is 0 Å². The maximum Gasteiger partial charge on any atom is 0.508 e. The van der Waals surface area contributed by atoms with E-state index in [1.54, 1.807) is 86.8 Å². The monoisotopic (exact) mass is 1360 g/mol. The number of isocyanates is 1. The highest BCUT2D eigenvalue weighted by Gasteiger charge is 2.52. The van der Waals surface area contributed by atoms with E-state index in [0.717, 1.165) is 44.5 Å². The number of allylic oxidation sites excluding steroid dienone is 12. The summed E-state index contributed by atoms with van der Waals surface area (Å²) in [6.45, 7) is 6.47. The number of ether oxygens (including phenoxy) is 7. The summed E-state index contributed by atoms with van der Waals surface area (Å²) < 4.78 is 42.3. The van der Waals surface area contributed by atoms with E-state index < -0.39 is 159 Å². The molecule has 19 atom stereocenters. The zero-order valence-corrected chi connectivity index (χ0v) is 55.9. The minimum absolute atomic E-state index is 0.0702. The van der Waals surface area contributed by atoms with Crippen LogP contribution in [0.25, 0.3) is 22.3 Å². The van der Waals surface area contributed by atoms with Gasteiger partial charge in [0, 0.05) is 49.4 Å². The summed E-state index contributed by atoms with van der Waals surface area (Å²) >= 11 is 0. The van der Waals surface area contributed by atoms with Gasteiger partial charge in [-0.25, -0.2) is 14.4 Å². The number of carbonyl (C=O) groups is 3. The molecule has 1 amide bonds. The number of hydrogen-bond donors (Lipinski definition) is 10. The van der Waals surface area contributed by atoms with Gasteiger partial charge in [0.25, 0.3) is 0 Å². The topological polar surface area (TPSA) is 339 Å². The summed E-state index contributed by atoms with van der Waals surface area (Å²) in [7, 11) is 0. The van der Waals surface area contributed by atoms with Crippen molar-refractivity contribution in [3.63, 3.8) is 0 Å². The van der Waals surface area contributed by atoms with Crippen LogP contribution in [0.4, 0.5) is 9.59 Å². The molecule has 0 saturated carbocycles. The predicted octanol–water partition coefficient (Wildman–Crippen LogP) is 8.27. The maximum absolute atomic E-state index is 14.1. The Labute approximate surface area is 576 Å². The quantitative estimate of drug-likeness (QED) is 0.0326. The first-order valence-electron chi connectivity index (χ1n) is 33.8. The summed E-state index contributed by atoms with van der Waals surface area (Å²) in [6, 6.07) is 28.1. The average molecular weight is 1370 g/mol. The van der Waals surface area contributed by atoms with Crippen molar-refractivity contribution in [3.8, 4) is 22.3 Å². The molecule has 99 heavy (non-hydrogen) atoms. The first kappa shape index (κ1) is 75.2. The highest BCUT2D eigenvalue weighted by molar-refractivity contribution is 5.80. The van der Waals surface area contributed by atoms with E-state index in [4.69, 9.17) is 33.2 Å². The van der Waals surface area contributed by atoms with Crippen LogP contribution in [-0.4, -0.2) is 187 Å². The minimum Gasteiger partial charge on any atom is -0.462 e. The van der Waals surface area contributed by atoms with Gasteiger partial charge in [-0.3, -0.25) is 4.79 Å². The van der Waals surface area contributed by atoms with Crippen LogP contribution >= 0.6 is 0 Å². The molecule has 0 unspecified atom stereocenters. The standard InChI is InChI=1S/C77H92N2O20/c1-46-25-15-13-11-9-7-5-6-8-10-12-14-16-26-53(97-74-73(89)70(72(88)49(4)96-74)79-75(90)93-43-62-58-31-21-17-27-54(58)55-28-18-22-32-59(55)62)40-66-69(78-45-80)67(98-76(91)94-44-63-60-33-23-19-29-56(60)57-30-20-24-34-61(57)63)42-77(92,99-66)41-52(83)38-65(85)64(84)36-35-50(81)37-51(82)39-68(86)95-48(3)47(2)71(46)87/h5-34,46-53,62-67,69-74,81-85,87-89,92H,35-44H2,1-4H3,(H,79,90)/b6-5-,9-7-,10-8-,13-11-,14-12-,25-15-,26-16-/t46-,47-,48-,49+,50+,51+,52-,53-,64+,65+,66-,67-,69-,70-,71+,72+,73-,74-,77+/m0/s1. The number of nitrogens with zero attached hydrogens (tertiary/aromatic N) is 1. The Bertz CT molecular complexity index is 3530. The van der Waals surface area contributed by atoms with Crippen molar-refractivity contribution in [2.75, 3.05) is 13.2 Å². The van der Waals surface area contributed by atoms with Crippen LogP contribution in [0, 0.1) is 11.8 Å². The normalized spacial score (nSPS) is 34.5. The van der Waals surface area contributed by atoms with E-state index in [9.17, 15) is 65.1 Å². The maximum atomic E-state index is 14.1. The number of aliphatic hydroxyl groups is 9. The smallest absolute Gasteiger partial charge is 0.462 e. The predicted molar refractivity (Wildman–Crippen MR) is 366 cm³/mol. The Kier molecular flexibility index (Phi) is 27.2. The van der Waals surface area contributed by atoms with Gasteiger partial charge < -0.3 is 84.4 Å².